The first kappa shape index (κ1) is 15.5. The summed E-state index contributed by atoms with van der Waals surface area (Å²) in [4.78, 5) is 22.4. The molecule has 0 radical (unpaired) electrons. The minimum Gasteiger partial charge on any atom is -0.477 e. The van der Waals surface area contributed by atoms with Gasteiger partial charge in [0.05, 0.1) is 25.2 Å². The van der Waals surface area contributed by atoms with Gasteiger partial charge in [0, 0.05) is 44.6 Å². The Kier molecular flexibility index (Phi) is 4.87. The molecular weight excluding hydrogens is 296 g/mol. The Bertz CT molecular complexity index is 644. The summed E-state index contributed by atoms with van der Waals surface area (Å²) in [6.45, 7) is 2.51. The number of hydrogen-bond acceptors (Lipinski definition) is 5. The highest BCUT2D eigenvalue weighted by molar-refractivity contribution is 5.77. The fourth-order valence-electron chi connectivity index (χ4n) is 2.70. The average Bonchev–Trinajstić information content (AvgIpc) is 2.92. The highest BCUT2D eigenvalue weighted by Crippen LogP contribution is 2.17. The minimum absolute atomic E-state index is 0.0232. The number of aromatic nitrogens is 3. The Labute approximate surface area is 134 Å². The lowest BCUT2D eigenvalue weighted by Gasteiger charge is -2.24. The summed E-state index contributed by atoms with van der Waals surface area (Å²) >= 11 is 0. The van der Waals surface area contributed by atoms with Crippen LogP contribution >= 0.6 is 0 Å². The molecule has 0 fully saturated rings. The van der Waals surface area contributed by atoms with Gasteiger partial charge in [0.1, 0.15) is 6.61 Å². The number of methoxy groups -OCH3 is 1. The topological polar surface area (TPSA) is 69.5 Å². The maximum Gasteiger partial charge on any atom is 0.248 e. The van der Waals surface area contributed by atoms with E-state index in [1.54, 1.807) is 23.6 Å². The van der Waals surface area contributed by atoms with Crippen LogP contribution in [0.3, 0.4) is 0 Å². The molecule has 2 aromatic rings. The fourth-order valence-corrected chi connectivity index (χ4v) is 2.70. The molecule has 1 aliphatic rings. The summed E-state index contributed by atoms with van der Waals surface area (Å²) in [5.41, 5.74) is 1.02. The van der Waals surface area contributed by atoms with Gasteiger partial charge in [-0.2, -0.15) is 0 Å². The Hall–Kier alpha value is -2.41. The van der Waals surface area contributed by atoms with Crippen molar-refractivity contribution in [3.63, 3.8) is 0 Å². The van der Waals surface area contributed by atoms with Crippen LogP contribution in [0, 0.1) is 5.92 Å². The molecule has 3 rings (SSSR count). The maximum atomic E-state index is 12.2. The number of ether oxygens (including phenoxy) is 2. The van der Waals surface area contributed by atoms with Crippen LogP contribution in [0.25, 0.3) is 0 Å². The molecule has 122 valence electrons. The van der Waals surface area contributed by atoms with Crippen molar-refractivity contribution in [1.82, 2.24) is 19.4 Å². The van der Waals surface area contributed by atoms with Crippen LogP contribution in [-0.2, 0) is 22.6 Å². The lowest BCUT2D eigenvalue weighted by Crippen LogP contribution is -2.37. The lowest BCUT2D eigenvalue weighted by atomic mass is 10.1. The third-order valence-corrected chi connectivity index (χ3v) is 3.81. The van der Waals surface area contributed by atoms with E-state index in [1.807, 2.05) is 18.2 Å². The minimum atomic E-state index is -0.0232. The van der Waals surface area contributed by atoms with Crippen molar-refractivity contribution in [1.29, 1.82) is 0 Å². The Balaban J connectivity index is 1.70. The van der Waals surface area contributed by atoms with Crippen molar-refractivity contribution < 1.29 is 14.3 Å². The lowest BCUT2D eigenvalue weighted by molar-refractivity contribution is -0.136. The molecule has 1 amide bonds. The second kappa shape index (κ2) is 7.23. The van der Waals surface area contributed by atoms with Crippen molar-refractivity contribution >= 4 is 5.91 Å². The van der Waals surface area contributed by atoms with Crippen LogP contribution in [0.15, 0.2) is 36.9 Å². The SMILES string of the molecule is COCC(=O)N1Cc2cncn2C[C@@H](COc2ccccn2)C1. The molecule has 2 aromatic heterocycles. The number of carbonyl (C=O) groups excluding carboxylic acids is 1. The van der Waals surface area contributed by atoms with Crippen LogP contribution < -0.4 is 4.74 Å². The van der Waals surface area contributed by atoms with Gasteiger partial charge in [-0.1, -0.05) is 6.07 Å². The van der Waals surface area contributed by atoms with Crippen molar-refractivity contribution in [3.8, 4) is 5.88 Å². The van der Waals surface area contributed by atoms with Crippen molar-refractivity contribution in [3.05, 3.63) is 42.6 Å². The molecule has 0 unspecified atom stereocenters. The highest BCUT2D eigenvalue weighted by atomic mass is 16.5. The van der Waals surface area contributed by atoms with Gasteiger partial charge in [-0.25, -0.2) is 9.97 Å². The third-order valence-electron chi connectivity index (χ3n) is 3.81. The summed E-state index contributed by atoms with van der Waals surface area (Å²) in [6, 6.07) is 5.56. The first-order valence-corrected chi connectivity index (χ1v) is 7.56. The normalized spacial score (nSPS) is 17.4. The van der Waals surface area contributed by atoms with Crippen LogP contribution in [-0.4, -0.2) is 52.2 Å². The van der Waals surface area contributed by atoms with Gasteiger partial charge in [-0.05, 0) is 6.07 Å². The van der Waals surface area contributed by atoms with Gasteiger partial charge in [0.15, 0.2) is 0 Å². The molecule has 7 nitrogen and oxygen atoms in total. The number of hydrogen-bond donors (Lipinski definition) is 0. The Morgan fingerprint density at radius 2 is 2.30 bits per heavy atom. The molecule has 0 saturated heterocycles. The molecule has 0 aliphatic carbocycles. The first-order valence-electron chi connectivity index (χ1n) is 7.56. The van der Waals surface area contributed by atoms with Gasteiger partial charge in [0.2, 0.25) is 11.8 Å². The summed E-state index contributed by atoms with van der Waals surface area (Å²) in [6.07, 6.45) is 5.30. The molecule has 3 heterocycles. The predicted octanol–water partition coefficient (Wildman–Crippen LogP) is 0.962. The molecule has 1 aliphatic heterocycles. The van der Waals surface area contributed by atoms with E-state index in [0.717, 1.165) is 12.2 Å². The Morgan fingerprint density at radius 1 is 1.39 bits per heavy atom. The molecule has 23 heavy (non-hydrogen) atoms. The molecule has 0 spiro atoms. The van der Waals surface area contributed by atoms with Gasteiger partial charge >= 0.3 is 0 Å². The van der Waals surface area contributed by atoms with E-state index in [0.29, 0.717) is 25.6 Å². The van der Waals surface area contributed by atoms with Gasteiger partial charge in [-0.3, -0.25) is 4.79 Å². The molecule has 0 bridgehead atoms. The second-order valence-electron chi connectivity index (χ2n) is 5.59. The van der Waals surface area contributed by atoms with E-state index < -0.39 is 0 Å². The van der Waals surface area contributed by atoms with E-state index in [9.17, 15) is 4.79 Å². The summed E-state index contributed by atoms with van der Waals surface area (Å²) < 4.78 is 12.8. The van der Waals surface area contributed by atoms with E-state index in [4.69, 9.17) is 9.47 Å². The predicted molar refractivity (Wildman–Crippen MR) is 82.7 cm³/mol. The standard InChI is InChI=1S/C16H20N4O3/c1-22-11-16(21)19-7-13(8-20-12-17-6-14(20)9-19)10-23-15-4-2-3-5-18-15/h2-6,12-13H,7-11H2,1H3/t13-/m0/s1. The van der Waals surface area contributed by atoms with Crippen molar-refractivity contribution in [2.45, 2.75) is 13.1 Å². The summed E-state index contributed by atoms with van der Waals surface area (Å²) in [5.74, 6) is 0.732. The van der Waals surface area contributed by atoms with Crippen molar-refractivity contribution in [2.75, 3.05) is 26.9 Å². The Morgan fingerprint density at radius 3 is 3.09 bits per heavy atom. The molecular formula is C16H20N4O3. The molecule has 0 aromatic carbocycles. The number of amides is 1. The fraction of sp³-hybridized carbons (Fsp3) is 0.438. The number of imidazole rings is 1. The van der Waals surface area contributed by atoms with E-state index in [2.05, 4.69) is 14.5 Å². The van der Waals surface area contributed by atoms with E-state index >= 15 is 0 Å². The van der Waals surface area contributed by atoms with Crippen LogP contribution in [0.2, 0.25) is 0 Å². The molecule has 0 saturated carbocycles. The first-order chi connectivity index (χ1) is 11.3. The summed E-state index contributed by atoms with van der Waals surface area (Å²) in [7, 11) is 1.53. The van der Waals surface area contributed by atoms with Crippen LogP contribution in [0.5, 0.6) is 5.88 Å². The maximum absolute atomic E-state index is 12.2. The number of pyridine rings is 1. The van der Waals surface area contributed by atoms with Crippen molar-refractivity contribution in [2.24, 2.45) is 5.92 Å². The largest absolute Gasteiger partial charge is 0.477 e. The zero-order valence-corrected chi connectivity index (χ0v) is 13.1. The number of fused-ring (bicyclic) bond motifs is 1. The molecule has 1 atom stereocenters. The van der Waals surface area contributed by atoms with Crippen LogP contribution in [0.4, 0.5) is 0 Å². The third kappa shape index (κ3) is 3.87. The van der Waals surface area contributed by atoms with Gasteiger partial charge < -0.3 is 18.9 Å². The number of rotatable bonds is 5. The number of carbonyl (C=O) groups is 1. The highest BCUT2D eigenvalue weighted by Gasteiger charge is 2.25. The number of nitrogens with zero attached hydrogens (tertiary/aromatic N) is 4. The molecule has 7 heteroatoms. The van der Waals surface area contributed by atoms with Crippen LogP contribution in [0.1, 0.15) is 5.69 Å². The smallest absolute Gasteiger partial charge is 0.248 e. The zero-order chi connectivity index (χ0) is 16.1. The van der Waals surface area contributed by atoms with E-state index in [-0.39, 0.29) is 18.4 Å². The van der Waals surface area contributed by atoms with Gasteiger partial charge in [-0.15, -0.1) is 0 Å². The quantitative estimate of drug-likeness (QED) is 0.822. The summed E-state index contributed by atoms with van der Waals surface area (Å²) in [5, 5.41) is 0. The second-order valence-corrected chi connectivity index (χ2v) is 5.59. The average molecular weight is 316 g/mol. The monoisotopic (exact) mass is 316 g/mol. The van der Waals surface area contributed by atoms with E-state index in [1.165, 1.54) is 7.11 Å². The zero-order valence-electron chi connectivity index (χ0n) is 13.1. The molecule has 0 N–H and O–H groups in total. The van der Waals surface area contributed by atoms with Gasteiger partial charge in [0.25, 0.3) is 0 Å².